The molecule has 31 heavy (non-hydrogen) atoms. The Bertz CT molecular complexity index is 1150. The fourth-order valence-corrected chi connectivity index (χ4v) is 3.68. The highest BCUT2D eigenvalue weighted by atomic mass is 16.5. The number of amides is 1. The van der Waals surface area contributed by atoms with Gasteiger partial charge in [-0.1, -0.05) is 30.3 Å². The van der Waals surface area contributed by atoms with E-state index in [9.17, 15) is 14.4 Å². The molecule has 1 aromatic heterocycles. The fraction of sp³-hybridized carbons (Fsp3) is 0.208. The van der Waals surface area contributed by atoms with Gasteiger partial charge in [-0.05, 0) is 44.2 Å². The number of nitrogens with zero attached hydrogens (tertiary/aromatic N) is 1. The van der Waals surface area contributed by atoms with Gasteiger partial charge in [0.2, 0.25) is 5.78 Å². The van der Waals surface area contributed by atoms with E-state index >= 15 is 0 Å². The molecule has 158 valence electrons. The molecule has 0 saturated carbocycles. The number of carbonyl (C=O) groups is 3. The number of hydrogen-bond acceptors (Lipinski definition) is 5. The van der Waals surface area contributed by atoms with Crippen LogP contribution in [0.1, 0.15) is 28.2 Å². The molecule has 1 atom stereocenters. The second-order valence-electron chi connectivity index (χ2n) is 7.34. The first-order chi connectivity index (χ1) is 14.9. The van der Waals surface area contributed by atoms with Crippen LogP contribution in [-0.2, 0) is 14.3 Å². The average Bonchev–Trinajstić information content (AvgIpc) is 3.07. The second-order valence-corrected chi connectivity index (χ2v) is 7.34. The maximum absolute atomic E-state index is 12.7. The molecule has 7 heteroatoms. The topological polar surface area (TPSA) is 86.6 Å². The Labute approximate surface area is 179 Å². The van der Waals surface area contributed by atoms with Crippen LogP contribution in [0.3, 0.4) is 0 Å². The number of ketones is 1. The van der Waals surface area contributed by atoms with Crippen LogP contribution >= 0.6 is 0 Å². The summed E-state index contributed by atoms with van der Waals surface area (Å²) in [6, 6.07) is 18.5. The van der Waals surface area contributed by atoms with Crippen LogP contribution in [0.25, 0.3) is 5.69 Å². The van der Waals surface area contributed by atoms with Gasteiger partial charge < -0.3 is 19.4 Å². The van der Waals surface area contributed by atoms with Gasteiger partial charge in [-0.3, -0.25) is 14.4 Å². The molecule has 4 rings (SSSR count). The van der Waals surface area contributed by atoms with Gasteiger partial charge >= 0.3 is 5.97 Å². The smallest absolute Gasteiger partial charge is 0.310 e. The first-order valence-electron chi connectivity index (χ1n) is 9.94. The van der Waals surface area contributed by atoms with Crippen molar-refractivity contribution >= 4 is 23.3 Å². The largest absolute Gasteiger partial charge is 0.478 e. The summed E-state index contributed by atoms with van der Waals surface area (Å²) in [6.45, 7) is 3.37. The van der Waals surface area contributed by atoms with Crippen molar-refractivity contribution in [1.82, 2.24) is 4.57 Å². The molecule has 0 bridgehead atoms. The third-order valence-corrected chi connectivity index (χ3v) is 5.17. The molecule has 7 nitrogen and oxygen atoms in total. The predicted molar refractivity (Wildman–Crippen MR) is 115 cm³/mol. The summed E-state index contributed by atoms with van der Waals surface area (Å²) < 4.78 is 12.7. The van der Waals surface area contributed by atoms with Crippen LogP contribution in [0.4, 0.5) is 5.69 Å². The highest BCUT2D eigenvalue weighted by molar-refractivity contribution is 6.01. The monoisotopic (exact) mass is 418 g/mol. The maximum atomic E-state index is 12.7. The number of Topliss-reactive ketones (excluding diaryl/α,β-unsaturated/α-hetero) is 1. The van der Waals surface area contributed by atoms with E-state index in [4.69, 9.17) is 9.47 Å². The van der Waals surface area contributed by atoms with E-state index in [1.807, 2.05) is 48.7 Å². The maximum Gasteiger partial charge on any atom is 0.310 e. The summed E-state index contributed by atoms with van der Waals surface area (Å²) in [6.07, 6.45) is -1.28. The van der Waals surface area contributed by atoms with Crippen LogP contribution in [-0.4, -0.2) is 34.9 Å². The number of aromatic nitrogens is 1. The number of fused-ring (bicyclic) bond motifs is 1. The van der Waals surface area contributed by atoms with E-state index in [1.54, 1.807) is 30.3 Å². The molecule has 0 radical (unpaired) electrons. The van der Waals surface area contributed by atoms with Crippen molar-refractivity contribution in [2.75, 3.05) is 11.9 Å². The van der Waals surface area contributed by atoms with Crippen molar-refractivity contribution < 1.29 is 23.9 Å². The van der Waals surface area contributed by atoms with Gasteiger partial charge in [0.25, 0.3) is 5.91 Å². The van der Waals surface area contributed by atoms with E-state index in [0.717, 1.165) is 17.1 Å². The average molecular weight is 418 g/mol. The highest BCUT2D eigenvalue weighted by Crippen LogP contribution is 2.29. The standard InChI is InChI=1S/C24H22N2O5/c1-15-12-18(16(2)26(15)17-8-4-3-5-9-17)20(27)14-30-23(28)13-22-24(29)25-19-10-6-7-11-21(19)31-22/h3-12,22H,13-14H2,1-2H3,(H,25,29). The first kappa shape index (κ1) is 20.4. The molecule has 1 aliphatic heterocycles. The zero-order valence-corrected chi connectivity index (χ0v) is 17.3. The molecular weight excluding hydrogens is 396 g/mol. The van der Waals surface area contributed by atoms with E-state index < -0.39 is 24.6 Å². The Morgan fingerprint density at radius 1 is 1.06 bits per heavy atom. The van der Waals surface area contributed by atoms with Crippen molar-refractivity contribution in [2.45, 2.75) is 26.4 Å². The molecule has 1 unspecified atom stereocenters. The number of benzene rings is 2. The minimum atomic E-state index is -0.999. The molecule has 2 heterocycles. The van der Waals surface area contributed by atoms with Gasteiger partial charge in [0.1, 0.15) is 5.75 Å². The van der Waals surface area contributed by atoms with Crippen LogP contribution in [0, 0.1) is 13.8 Å². The van der Waals surface area contributed by atoms with Gasteiger partial charge in [-0.15, -0.1) is 0 Å². The molecule has 1 amide bonds. The summed E-state index contributed by atoms with van der Waals surface area (Å²) in [5, 5.41) is 2.70. The van der Waals surface area contributed by atoms with Crippen molar-refractivity contribution in [3.05, 3.63) is 77.6 Å². The van der Waals surface area contributed by atoms with Crippen LogP contribution in [0.5, 0.6) is 5.75 Å². The molecule has 3 aromatic rings. The lowest BCUT2D eigenvalue weighted by atomic mass is 10.1. The normalized spacial score (nSPS) is 14.9. The molecule has 1 aliphatic rings. The minimum Gasteiger partial charge on any atom is -0.478 e. The van der Waals surface area contributed by atoms with Gasteiger partial charge in [0.05, 0.1) is 12.1 Å². The highest BCUT2D eigenvalue weighted by Gasteiger charge is 2.30. The third-order valence-electron chi connectivity index (χ3n) is 5.17. The number of ether oxygens (including phenoxy) is 2. The third kappa shape index (κ3) is 4.21. The van der Waals surface area contributed by atoms with Crippen LogP contribution in [0.15, 0.2) is 60.7 Å². The van der Waals surface area contributed by atoms with Gasteiger partial charge in [-0.25, -0.2) is 0 Å². The predicted octanol–water partition coefficient (Wildman–Crippen LogP) is 3.61. The second kappa shape index (κ2) is 8.47. The number of esters is 1. The van der Waals surface area contributed by atoms with E-state index in [-0.39, 0.29) is 12.2 Å². The lowest BCUT2D eigenvalue weighted by Gasteiger charge is -2.25. The Morgan fingerprint density at radius 3 is 2.55 bits per heavy atom. The number of rotatable bonds is 6. The number of para-hydroxylation sites is 3. The number of hydrogen-bond donors (Lipinski definition) is 1. The van der Waals surface area contributed by atoms with Crippen molar-refractivity contribution in [3.8, 4) is 11.4 Å². The molecule has 1 N–H and O–H groups in total. The molecular formula is C24H22N2O5. The minimum absolute atomic E-state index is 0.281. The lowest BCUT2D eigenvalue weighted by molar-refractivity contribution is -0.146. The zero-order chi connectivity index (χ0) is 22.0. The Balaban J connectivity index is 1.38. The number of anilines is 1. The van der Waals surface area contributed by atoms with Crippen molar-refractivity contribution in [1.29, 1.82) is 0 Å². The molecule has 0 saturated heterocycles. The van der Waals surface area contributed by atoms with Gasteiger partial charge in [0, 0.05) is 22.6 Å². The molecule has 2 aromatic carbocycles. The summed E-state index contributed by atoms with van der Waals surface area (Å²) >= 11 is 0. The quantitative estimate of drug-likeness (QED) is 0.488. The number of carbonyl (C=O) groups excluding carboxylic acids is 3. The SMILES string of the molecule is Cc1cc(C(=O)COC(=O)CC2Oc3ccccc3NC2=O)c(C)n1-c1ccccc1. The summed E-state index contributed by atoms with van der Waals surface area (Å²) in [7, 11) is 0. The number of aryl methyl sites for hydroxylation is 1. The number of nitrogens with one attached hydrogen (secondary N) is 1. The first-order valence-corrected chi connectivity index (χ1v) is 9.94. The van der Waals surface area contributed by atoms with Crippen LogP contribution in [0.2, 0.25) is 0 Å². The summed E-state index contributed by atoms with van der Waals surface area (Å²) in [4.78, 5) is 37.1. The van der Waals surface area contributed by atoms with Crippen molar-refractivity contribution in [2.24, 2.45) is 0 Å². The molecule has 0 aliphatic carbocycles. The van der Waals surface area contributed by atoms with Crippen molar-refractivity contribution in [3.63, 3.8) is 0 Å². The Kier molecular flexibility index (Phi) is 5.58. The zero-order valence-electron chi connectivity index (χ0n) is 17.3. The fourth-order valence-electron chi connectivity index (χ4n) is 3.68. The summed E-state index contributed by atoms with van der Waals surface area (Å²) in [5.74, 6) is -0.912. The van der Waals surface area contributed by atoms with Gasteiger partial charge in [0.15, 0.2) is 12.7 Å². The Morgan fingerprint density at radius 2 is 1.77 bits per heavy atom. The Hall–Kier alpha value is -3.87. The molecule has 0 spiro atoms. The summed E-state index contributed by atoms with van der Waals surface area (Å²) in [5.41, 5.74) is 3.69. The molecule has 0 fully saturated rings. The van der Waals surface area contributed by atoms with E-state index in [2.05, 4.69) is 5.32 Å². The van der Waals surface area contributed by atoms with Crippen LogP contribution < -0.4 is 10.1 Å². The van der Waals surface area contributed by atoms with E-state index in [1.165, 1.54) is 0 Å². The van der Waals surface area contributed by atoms with E-state index in [0.29, 0.717) is 17.0 Å². The van der Waals surface area contributed by atoms with Gasteiger partial charge in [-0.2, -0.15) is 0 Å². The lowest BCUT2D eigenvalue weighted by Crippen LogP contribution is -2.39.